The molecule has 0 unspecified atom stereocenters. The maximum Gasteiger partial charge on any atom is 0.230 e. The van der Waals surface area contributed by atoms with Gasteiger partial charge in [-0.15, -0.1) is 11.8 Å². The minimum Gasteiger partial charge on any atom is -0.355 e. The van der Waals surface area contributed by atoms with E-state index < -0.39 is 0 Å². The number of benzene rings is 2. The maximum absolute atomic E-state index is 11.9. The topological polar surface area (TPSA) is 29.1 Å². The zero-order valence-electron chi connectivity index (χ0n) is 14.5. The van der Waals surface area contributed by atoms with Gasteiger partial charge < -0.3 is 5.32 Å². The predicted molar refractivity (Wildman–Crippen MR) is 110 cm³/mol. The molecule has 2 aromatic carbocycles. The number of thioether (sulfide) groups is 1. The van der Waals surface area contributed by atoms with Gasteiger partial charge in [-0.25, -0.2) is 0 Å². The Morgan fingerprint density at radius 2 is 1.72 bits per heavy atom. The molecule has 1 amide bonds. The number of nitrogens with one attached hydrogen (secondary N) is 1. The van der Waals surface area contributed by atoms with Gasteiger partial charge in [0.05, 0.1) is 15.8 Å². The van der Waals surface area contributed by atoms with Crippen LogP contribution in [0.1, 0.15) is 36.5 Å². The van der Waals surface area contributed by atoms with Crippen LogP contribution in [0.2, 0.25) is 10.0 Å². The molecular weight excluding hydrogens is 373 g/mol. The fourth-order valence-corrected chi connectivity index (χ4v) is 3.48. The van der Waals surface area contributed by atoms with Crippen LogP contribution >= 0.6 is 35.0 Å². The van der Waals surface area contributed by atoms with Gasteiger partial charge in [0.15, 0.2) is 0 Å². The van der Waals surface area contributed by atoms with Crippen molar-refractivity contribution < 1.29 is 4.79 Å². The van der Waals surface area contributed by atoms with E-state index in [0.29, 0.717) is 28.3 Å². The first-order valence-corrected chi connectivity index (χ1v) is 10.2. The summed E-state index contributed by atoms with van der Waals surface area (Å²) < 4.78 is 0. The van der Waals surface area contributed by atoms with E-state index in [1.807, 2.05) is 12.1 Å². The fourth-order valence-electron chi connectivity index (χ4n) is 2.36. The van der Waals surface area contributed by atoms with Crippen LogP contribution in [-0.2, 0) is 17.0 Å². The molecule has 0 saturated heterocycles. The average Bonchev–Trinajstić information content (AvgIpc) is 2.58. The van der Waals surface area contributed by atoms with Gasteiger partial charge >= 0.3 is 0 Å². The molecule has 0 fully saturated rings. The Hall–Kier alpha value is -1.16. The van der Waals surface area contributed by atoms with Gasteiger partial charge in [-0.2, -0.15) is 0 Å². The number of rotatable bonds is 8. The molecule has 0 aliphatic carbocycles. The minimum atomic E-state index is 0.0591. The highest BCUT2D eigenvalue weighted by Gasteiger charge is 2.04. The number of hydrogen-bond donors (Lipinski definition) is 1. The third-order valence-corrected chi connectivity index (χ3v) is 5.61. The minimum absolute atomic E-state index is 0.0591. The van der Waals surface area contributed by atoms with Crippen molar-refractivity contribution in [3.8, 4) is 0 Å². The third-order valence-electron chi connectivity index (χ3n) is 3.87. The second kappa shape index (κ2) is 10.1. The van der Waals surface area contributed by atoms with E-state index in [4.69, 9.17) is 23.2 Å². The lowest BCUT2D eigenvalue weighted by Crippen LogP contribution is -2.27. The molecule has 0 aliphatic heterocycles. The van der Waals surface area contributed by atoms with Crippen LogP contribution in [0.4, 0.5) is 0 Å². The van der Waals surface area contributed by atoms with Crippen LogP contribution in [0.5, 0.6) is 0 Å². The van der Waals surface area contributed by atoms with Crippen LogP contribution in [0, 0.1) is 0 Å². The molecule has 0 bridgehead atoms. The van der Waals surface area contributed by atoms with E-state index in [0.717, 1.165) is 17.7 Å². The molecule has 2 rings (SSSR count). The van der Waals surface area contributed by atoms with Crippen molar-refractivity contribution in [2.75, 3.05) is 12.3 Å². The molecule has 25 heavy (non-hydrogen) atoms. The Morgan fingerprint density at radius 3 is 2.36 bits per heavy atom. The zero-order chi connectivity index (χ0) is 18.2. The first kappa shape index (κ1) is 20.2. The predicted octanol–water partition coefficient (Wildman–Crippen LogP) is 5.71. The summed E-state index contributed by atoms with van der Waals surface area (Å²) in [4.78, 5) is 11.9. The van der Waals surface area contributed by atoms with E-state index >= 15 is 0 Å². The standard InChI is InChI=1S/C20H23Cl2NOS/c1-14(2)17-6-3-15(4-7-17)9-10-23-20(24)13-25-12-16-5-8-18(21)19(22)11-16/h3-8,11,14H,9-10,12-13H2,1-2H3,(H,23,24). The number of halogens is 2. The summed E-state index contributed by atoms with van der Waals surface area (Å²) >= 11 is 13.4. The van der Waals surface area contributed by atoms with E-state index in [1.54, 1.807) is 17.8 Å². The third kappa shape index (κ3) is 6.93. The average molecular weight is 396 g/mol. The fraction of sp³-hybridized carbons (Fsp3) is 0.350. The molecule has 5 heteroatoms. The Kier molecular flexibility index (Phi) is 8.14. The molecule has 2 aromatic rings. The first-order chi connectivity index (χ1) is 12.0. The smallest absolute Gasteiger partial charge is 0.230 e. The van der Waals surface area contributed by atoms with Crippen LogP contribution < -0.4 is 5.32 Å². The van der Waals surface area contributed by atoms with Crippen molar-refractivity contribution in [2.45, 2.75) is 31.9 Å². The highest BCUT2D eigenvalue weighted by atomic mass is 35.5. The Labute approximate surface area is 164 Å². The first-order valence-electron chi connectivity index (χ1n) is 8.33. The van der Waals surface area contributed by atoms with Gasteiger partial charge in [0.25, 0.3) is 0 Å². The zero-order valence-corrected chi connectivity index (χ0v) is 16.8. The molecule has 0 aliphatic rings. The van der Waals surface area contributed by atoms with Crippen molar-refractivity contribution in [1.82, 2.24) is 5.32 Å². The van der Waals surface area contributed by atoms with Gasteiger partial charge in [0.2, 0.25) is 5.91 Å². The molecule has 0 aromatic heterocycles. The van der Waals surface area contributed by atoms with Crippen LogP contribution in [-0.4, -0.2) is 18.2 Å². The van der Waals surface area contributed by atoms with Crippen molar-refractivity contribution >= 4 is 40.9 Å². The molecule has 0 saturated carbocycles. The molecule has 0 radical (unpaired) electrons. The molecule has 2 nitrogen and oxygen atoms in total. The Balaban J connectivity index is 1.66. The quantitative estimate of drug-likeness (QED) is 0.619. The lowest BCUT2D eigenvalue weighted by molar-refractivity contribution is -0.118. The Bertz CT molecular complexity index is 701. The molecule has 1 N–H and O–H groups in total. The Morgan fingerprint density at radius 1 is 1.04 bits per heavy atom. The van der Waals surface area contributed by atoms with Gasteiger partial charge in [-0.3, -0.25) is 4.79 Å². The summed E-state index contributed by atoms with van der Waals surface area (Å²) in [6, 6.07) is 14.2. The van der Waals surface area contributed by atoms with E-state index in [2.05, 4.69) is 43.4 Å². The van der Waals surface area contributed by atoms with E-state index in [9.17, 15) is 4.79 Å². The van der Waals surface area contributed by atoms with Crippen LogP contribution in [0.3, 0.4) is 0 Å². The molecule has 0 atom stereocenters. The summed E-state index contributed by atoms with van der Waals surface area (Å²) in [6.07, 6.45) is 0.849. The molecule has 0 heterocycles. The lowest BCUT2D eigenvalue weighted by Gasteiger charge is -2.08. The van der Waals surface area contributed by atoms with Crippen LogP contribution in [0.15, 0.2) is 42.5 Å². The highest BCUT2D eigenvalue weighted by molar-refractivity contribution is 7.99. The van der Waals surface area contributed by atoms with Crippen molar-refractivity contribution in [2.24, 2.45) is 0 Å². The van der Waals surface area contributed by atoms with Gasteiger partial charge in [-0.05, 0) is 41.2 Å². The second-order valence-corrected chi connectivity index (χ2v) is 8.04. The monoisotopic (exact) mass is 395 g/mol. The molecule has 134 valence electrons. The van der Waals surface area contributed by atoms with Crippen molar-refractivity contribution in [3.63, 3.8) is 0 Å². The lowest BCUT2D eigenvalue weighted by atomic mass is 10.0. The highest BCUT2D eigenvalue weighted by Crippen LogP contribution is 2.24. The summed E-state index contributed by atoms with van der Waals surface area (Å²) in [5.41, 5.74) is 3.65. The molecular formula is C20H23Cl2NOS. The maximum atomic E-state index is 11.9. The van der Waals surface area contributed by atoms with Gasteiger partial charge in [0.1, 0.15) is 0 Å². The second-order valence-electron chi connectivity index (χ2n) is 6.24. The number of carbonyl (C=O) groups is 1. The summed E-state index contributed by atoms with van der Waals surface area (Å²) in [5, 5.41) is 4.07. The number of amides is 1. The van der Waals surface area contributed by atoms with Gasteiger partial charge in [-0.1, -0.05) is 67.4 Å². The normalized spacial score (nSPS) is 10.9. The van der Waals surface area contributed by atoms with E-state index in [1.165, 1.54) is 11.1 Å². The van der Waals surface area contributed by atoms with Gasteiger partial charge in [0, 0.05) is 12.3 Å². The molecule has 0 spiro atoms. The summed E-state index contributed by atoms with van der Waals surface area (Å²) in [7, 11) is 0. The number of carbonyl (C=O) groups excluding carboxylic acids is 1. The van der Waals surface area contributed by atoms with Crippen molar-refractivity contribution in [1.29, 1.82) is 0 Å². The largest absolute Gasteiger partial charge is 0.355 e. The van der Waals surface area contributed by atoms with Crippen molar-refractivity contribution in [3.05, 3.63) is 69.2 Å². The summed E-state index contributed by atoms with van der Waals surface area (Å²) in [6.45, 7) is 5.03. The SMILES string of the molecule is CC(C)c1ccc(CCNC(=O)CSCc2ccc(Cl)c(Cl)c2)cc1. The van der Waals surface area contributed by atoms with E-state index in [-0.39, 0.29) is 5.91 Å². The van der Waals surface area contributed by atoms with Crippen LogP contribution in [0.25, 0.3) is 0 Å². The summed E-state index contributed by atoms with van der Waals surface area (Å²) in [5.74, 6) is 1.78. The number of hydrogen-bond acceptors (Lipinski definition) is 2.